The highest BCUT2D eigenvalue weighted by atomic mass is 35.5. The fourth-order valence-corrected chi connectivity index (χ4v) is 6.28. The number of nitrogens with zero attached hydrogens (tertiary/aromatic N) is 3. The number of methoxy groups -OCH3 is 1. The maximum Gasteiger partial charge on any atom is 0.303 e. The van der Waals surface area contributed by atoms with Crippen molar-refractivity contribution in [2.75, 3.05) is 32.5 Å². The van der Waals surface area contributed by atoms with Crippen LogP contribution in [0.2, 0.25) is 5.02 Å². The number of aliphatic carboxylic acids is 1. The Labute approximate surface area is 226 Å². The molecule has 0 saturated carbocycles. The summed E-state index contributed by atoms with van der Waals surface area (Å²) in [6, 6.07) is 9.37. The fourth-order valence-electron chi connectivity index (χ4n) is 5.19. The largest absolute Gasteiger partial charge is 0.497 e. The van der Waals surface area contributed by atoms with Crippen molar-refractivity contribution < 1.29 is 19.0 Å². The molecule has 1 atom stereocenters. The number of carboxylic acid groups (broad SMARTS) is 1. The summed E-state index contributed by atoms with van der Waals surface area (Å²) in [6.07, 6.45) is 7.10. The highest BCUT2D eigenvalue weighted by molar-refractivity contribution is 7.99. The van der Waals surface area contributed by atoms with Crippen molar-refractivity contribution in [1.82, 2.24) is 14.9 Å². The maximum absolute atomic E-state index is 15.7. The van der Waals surface area contributed by atoms with Crippen LogP contribution < -0.4 is 4.74 Å². The summed E-state index contributed by atoms with van der Waals surface area (Å²) in [7, 11) is 1.56. The molecule has 4 rings (SSSR count). The second-order valence-corrected chi connectivity index (χ2v) is 11.3. The van der Waals surface area contributed by atoms with Crippen molar-refractivity contribution >= 4 is 40.2 Å². The standard InChI is InChI=1S/C28H33ClFN3O3S/c1-36-20-3-4-25-22(17-20)27(23(29)19-32-25)24(30)5-8-28(18-26(34)35)9-14-33(15-10-28)13-2-16-37-21-6-11-31-12-7-21/h3-4,6-7,11-12,17,19,24H,2,5,8-10,13-16,18H2,1H3,(H,34,35). The number of rotatable bonds is 12. The van der Waals surface area contributed by atoms with E-state index in [0.29, 0.717) is 28.6 Å². The van der Waals surface area contributed by atoms with Crippen molar-refractivity contribution in [2.45, 2.75) is 49.6 Å². The summed E-state index contributed by atoms with van der Waals surface area (Å²) in [5.41, 5.74) is 0.643. The van der Waals surface area contributed by atoms with E-state index in [-0.39, 0.29) is 17.9 Å². The Morgan fingerprint density at radius 1 is 1.27 bits per heavy atom. The Bertz CT molecular complexity index is 1190. The molecule has 6 nitrogen and oxygen atoms in total. The van der Waals surface area contributed by atoms with Gasteiger partial charge in [-0.3, -0.25) is 14.8 Å². The van der Waals surface area contributed by atoms with E-state index in [4.69, 9.17) is 16.3 Å². The molecule has 198 valence electrons. The number of hydrogen-bond acceptors (Lipinski definition) is 6. The van der Waals surface area contributed by atoms with E-state index in [1.54, 1.807) is 37.7 Å². The summed E-state index contributed by atoms with van der Waals surface area (Å²) in [5, 5.41) is 10.6. The molecule has 1 aromatic carbocycles. The first-order valence-electron chi connectivity index (χ1n) is 12.6. The molecule has 1 N–H and O–H groups in total. The number of pyridine rings is 2. The first-order valence-corrected chi connectivity index (χ1v) is 14.0. The van der Waals surface area contributed by atoms with Crippen LogP contribution in [0, 0.1) is 5.41 Å². The van der Waals surface area contributed by atoms with Crippen molar-refractivity contribution in [2.24, 2.45) is 5.41 Å². The average Bonchev–Trinajstić information content (AvgIpc) is 2.90. The second kappa shape index (κ2) is 12.9. The number of benzene rings is 1. The van der Waals surface area contributed by atoms with E-state index in [2.05, 4.69) is 14.9 Å². The van der Waals surface area contributed by atoms with Gasteiger partial charge in [-0.2, -0.15) is 0 Å². The number of ether oxygens (including phenoxy) is 1. The molecular formula is C28H33ClFN3O3S. The number of likely N-dealkylation sites (tertiary alicyclic amines) is 1. The smallest absolute Gasteiger partial charge is 0.303 e. The third-order valence-corrected chi connectivity index (χ3v) is 8.69. The van der Waals surface area contributed by atoms with Crippen molar-refractivity contribution in [3.8, 4) is 5.75 Å². The first-order chi connectivity index (χ1) is 17.9. The van der Waals surface area contributed by atoms with Crippen LogP contribution >= 0.6 is 23.4 Å². The second-order valence-electron chi connectivity index (χ2n) is 9.71. The highest BCUT2D eigenvalue weighted by Crippen LogP contribution is 2.44. The lowest BCUT2D eigenvalue weighted by Gasteiger charge is -2.41. The minimum absolute atomic E-state index is 0.0596. The number of thioether (sulfide) groups is 1. The topological polar surface area (TPSA) is 75.6 Å². The van der Waals surface area contributed by atoms with Gasteiger partial charge in [0.2, 0.25) is 0 Å². The highest BCUT2D eigenvalue weighted by Gasteiger charge is 2.37. The van der Waals surface area contributed by atoms with Gasteiger partial charge in [0, 0.05) is 34.4 Å². The summed E-state index contributed by atoms with van der Waals surface area (Å²) in [5.74, 6) is 0.809. The normalized spacial score (nSPS) is 16.5. The summed E-state index contributed by atoms with van der Waals surface area (Å²) < 4.78 is 21.0. The number of halogens is 2. The molecule has 37 heavy (non-hydrogen) atoms. The van der Waals surface area contributed by atoms with Crippen LogP contribution in [-0.2, 0) is 4.79 Å². The zero-order chi connectivity index (χ0) is 26.3. The zero-order valence-electron chi connectivity index (χ0n) is 21.0. The Kier molecular flexibility index (Phi) is 9.62. The summed E-state index contributed by atoms with van der Waals surface area (Å²) in [4.78, 5) is 23.7. The van der Waals surface area contributed by atoms with Gasteiger partial charge >= 0.3 is 5.97 Å². The molecule has 1 aliphatic heterocycles. The number of carbonyl (C=O) groups is 1. The number of hydrogen-bond donors (Lipinski definition) is 1. The molecule has 1 aliphatic rings. The lowest BCUT2D eigenvalue weighted by Crippen LogP contribution is -2.41. The van der Waals surface area contributed by atoms with E-state index in [0.717, 1.165) is 44.6 Å². The molecule has 0 amide bonds. The predicted molar refractivity (Wildman–Crippen MR) is 146 cm³/mol. The van der Waals surface area contributed by atoms with E-state index >= 15 is 4.39 Å². The SMILES string of the molecule is COc1ccc2ncc(Cl)c(C(F)CCC3(CC(=O)O)CCN(CCCSc4ccncc4)CC3)c2c1. The van der Waals surface area contributed by atoms with Crippen molar-refractivity contribution in [1.29, 1.82) is 0 Å². The van der Waals surface area contributed by atoms with Crippen LogP contribution in [-0.4, -0.2) is 58.4 Å². The minimum Gasteiger partial charge on any atom is -0.497 e. The van der Waals surface area contributed by atoms with Crippen molar-refractivity contribution in [3.05, 3.63) is 59.5 Å². The molecule has 0 spiro atoms. The van der Waals surface area contributed by atoms with Crippen LogP contribution in [0.15, 0.2) is 53.8 Å². The third kappa shape index (κ3) is 7.33. The zero-order valence-corrected chi connectivity index (χ0v) is 22.6. The van der Waals surface area contributed by atoms with Gasteiger partial charge < -0.3 is 14.7 Å². The maximum atomic E-state index is 15.7. The Hall–Kier alpha value is -2.42. The van der Waals surface area contributed by atoms with Crippen LogP contribution in [0.5, 0.6) is 5.75 Å². The predicted octanol–water partition coefficient (Wildman–Crippen LogP) is 6.82. The van der Waals surface area contributed by atoms with E-state index in [1.165, 1.54) is 11.1 Å². The van der Waals surface area contributed by atoms with E-state index < -0.39 is 17.6 Å². The number of fused-ring (bicyclic) bond motifs is 1. The van der Waals surface area contributed by atoms with Gasteiger partial charge in [0.15, 0.2) is 0 Å². The van der Waals surface area contributed by atoms with Gasteiger partial charge in [-0.1, -0.05) is 11.6 Å². The Balaban J connectivity index is 1.35. The molecule has 0 bridgehead atoms. The molecule has 1 unspecified atom stereocenters. The van der Waals surface area contributed by atoms with Gasteiger partial charge in [-0.15, -0.1) is 11.8 Å². The minimum atomic E-state index is -1.32. The third-order valence-electron chi connectivity index (χ3n) is 7.29. The Morgan fingerprint density at radius 3 is 2.73 bits per heavy atom. The van der Waals surface area contributed by atoms with Crippen LogP contribution in [0.3, 0.4) is 0 Å². The Morgan fingerprint density at radius 2 is 2.03 bits per heavy atom. The first kappa shape index (κ1) is 27.6. The molecule has 1 saturated heterocycles. The van der Waals surface area contributed by atoms with Gasteiger partial charge in [0.25, 0.3) is 0 Å². The quantitative estimate of drug-likeness (QED) is 0.197. The molecule has 3 aromatic rings. The number of piperidine rings is 1. The fraction of sp³-hybridized carbons (Fsp3) is 0.464. The van der Waals surface area contributed by atoms with Crippen molar-refractivity contribution in [3.63, 3.8) is 0 Å². The van der Waals surface area contributed by atoms with Crippen LogP contribution in [0.25, 0.3) is 10.9 Å². The monoisotopic (exact) mass is 545 g/mol. The molecule has 9 heteroatoms. The summed E-state index contributed by atoms with van der Waals surface area (Å²) in [6.45, 7) is 2.65. The number of alkyl halides is 1. The average molecular weight is 546 g/mol. The van der Waals surface area contributed by atoms with E-state index in [9.17, 15) is 9.90 Å². The van der Waals surface area contributed by atoms with Gasteiger partial charge in [0.05, 0.1) is 24.1 Å². The van der Waals surface area contributed by atoms with Crippen LogP contribution in [0.1, 0.15) is 50.3 Å². The lowest BCUT2D eigenvalue weighted by molar-refractivity contribution is -0.141. The van der Waals surface area contributed by atoms with Gasteiger partial charge in [-0.05, 0) is 93.2 Å². The number of aromatic nitrogens is 2. The molecule has 1 fully saturated rings. The molecule has 0 radical (unpaired) electrons. The van der Waals surface area contributed by atoms with Gasteiger partial charge in [0.1, 0.15) is 11.9 Å². The lowest BCUT2D eigenvalue weighted by atomic mass is 9.71. The molecule has 0 aliphatic carbocycles. The molecule has 2 aromatic heterocycles. The van der Waals surface area contributed by atoms with E-state index in [1.807, 2.05) is 23.9 Å². The van der Waals surface area contributed by atoms with Crippen LogP contribution in [0.4, 0.5) is 4.39 Å². The summed E-state index contributed by atoms with van der Waals surface area (Å²) >= 11 is 8.23. The van der Waals surface area contributed by atoms with Gasteiger partial charge in [-0.25, -0.2) is 4.39 Å². The molecular weight excluding hydrogens is 513 g/mol. The molecule has 3 heterocycles. The number of carboxylic acids is 1.